The molecular weight excluding hydrogens is 342 g/mol. The molecule has 0 spiro atoms. The molecule has 0 bridgehead atoms. The molecule has 5 heteroatoms. The fourth-order valence-electron chi connectivity index (χ4n) is 2.04. The molecule has 2 N–H and O–H groups in total. The van der Waals surface area contributed by atoms with Gasteiger partial charge >= 0.3 is 0 Å². The van der Waals surface area contributed by atoms with Crippen molar-refractivity contribution in [1.29, 1.82) is 5.26 Å². The van der Waals surface area contributed by atoms with Crippen molar-refractivity contribution in [2.45, 2.75) is 13.0 Å². The lowest BCUT2D eigenvalue weighted by Crippen LogP contribution is -2.32. The number of rotatable bonds is 5. The van der Waals surface area contributed by atoms with E-state index in [4.69, 9.17) is 5.26 Å². The summed E-state index contributed by atoms with van der Waals surface area (Å²) in [6.07, 6.45) is 0. The van der Waals surface area contributed by atoms with Gasteiger partial charge in [0.15, 0.2) is 0 Å². The Morgan fingerprint density at radius 3 is 2.55 bits per heavy atom. The van der Waals surface area contributed by atoms with Gasteiger partial charge in [0, 0.05) is 10.2 Å². The molecule has 0 aromatic heterocycles. The average molecular weight is 358 g/mol. The third-order valence-corrected chi connectivity index (χ3v) is 3.94. The molecule has 1 unspecified atom stereocenters. The number of hydrogen-bond donors (Lipinski definition) is 2. The smallest absolute Gasteiger partial charge is 0.239 e. The number of amides is 1. The van der Waals surface area contributed by atoms with Gasteiger partial charge in [-0.3, -0.25) is 4.79 Å². The number of halogens is 1. The van der Waals surface area contributed by atoms with Crippen molar-refractivity contribution < 1.29 is 4.79 Å². The minimum absolute atomic E-state index is 0.0779. The average Bonchev–Trinajstić information content (AvgIpc) is 2.53. The predicted octanol–water partition coefficient (Wildman–Crippen LogP) is 3.61. The van der Waals surface area contributed by atoms with E-state index in [-0.39, 0.29) is 18.5 Å². The van der Waals surface area contributed by atoms with Crippen molar-refractivity contribution in [3.05, 3.63) is 64.1 Å². The zero-order chi connectivity index (χ0) is 15.9. The fraction of sp³-hybridized carbons (Fsp3) is 0.176. The third kappa shape index (κ3) is 4.34. The van der Waals surface area contributed by atoms with Gasteiger partial charge in [0.25, 0.3) is 0 Å². The van der Waals surface area contributed by atoms with Crippen LogP contribution in [0.1, 0.15) is 24.1 Å². The second-order valence-electron chi connectivity index (χ2n) is 4.85. The Morgan fingerprint density at radius 1 is 1.23 bits per heavy atom. The number of nitrogens with one attached hydrogen (secondary N) is 2. The van der Waals surface area contributed by atoms with Crippen LogP contribution in [0.3, 0.4) is 0 Å². The third-order valence-electron chi connectivity index (χ3n) is 3.22. The molecule has 0 heterocycles. The first-order valence-electron chi connectivity index (χ1n) is 6.88. The maximum atomic E-state index is 12.0. The van der Waals surface area contributed by atoms with Crippen molar-refractivity contribution in [2.24, 2.45) is 0 Å². The van der Waals surface area contributed by atoms with Crippen LogP contribution >= 0.6 is 15.9 Å². The Morgan fingerprint density at radius 2 is 1.91 bits per heavy atom. The van der Waals surface area contributed by atoms with Crippen LogP contribution in [0.2, 0.25) is 0 Å². The summed E-state index contributed by atoms with van der Waals surface area (Å²) in [5.41, 5.74) is 2.44. The lowest BCUT2D eigenvalue weighted by Gasteiger charge is -2.16. The molecule has 2 rings (SSSR count). The molecule has 0 saturated heterocycles. The topological polar surface area (TPSA) is 64.9 Å². The second-order valence-corrected chi connectivity index (χ2v) is 5.71. The number of nitriles is 1. The number of anilines is 1. The Bertz CT molecular complexity index is 692. The SMILES string of the molecule is CC(NC(=O)CNc1ccc(C#N)cc1)c1ccccc1Br. The van der Waals surface area contributed by atoms with Gasteiger partial charge in [-0.25, -0.2) is 0 Å². The Balaban J connectivity index is 1.87. The number of hydrogen-bond acceptors (Lipinski definition) is 3. The van der Waals surface area contributed by atoms with Gasteiger partial charge in [-0.2, -0.15) is 5.26 Å². The number of carbonyl (C=O) groups excluding carboxylic acids is 1. The number of benzene rings is 2. The quantitative estimate of drug-likeness (QED) is 0.858. The zero-order valence-electron chi connectivity index (χ0n) is 12.1. The van der Waals surface area contributed by atoms with Gasteiger partial charge in [0.05, 0.1) is 24.2 Å². The van der Waals surface area contributed by atoms with E-state index >= 15 is 0 Å². The van der Waals surface area contributed by atoms with E-state index in [0.29, 0.717) is 5.56 Å². The van der Waals surface area contributed by atoms with Crippen molar-refractivity contribution in [2.75, 3.05) is 11.9 Å². The van der Waals surface area contributed by atoms with Gasteiger partial charge < -0.3 is 10.6 Å². The molecule has 0 aliphatic carbocycles. The Hall–Kier alpha value is -2.32. The van der Waals surface area contributed by atoms with E-state index in [0.717, 1.165) is 15.7 Å². The van der Waals surface area contributed by atoms with Crippen molar-refractivity contribution in [3.8, 4) is 6.07 Å². The summed E-state index contributed by atoms with van der Waals surface area (Å²) in [6.45, 7) is 2.13. The molecule has 22 heavy (non-hydrogen) atoms. The van der Waals surface area contributed by atoms with E-state index in [2.05, 4.69) is 32.6 Å². The largest absolute Gasteiger partial charge is 0.376 e. The van der Waals surface area contributed by atoms with Crippen molar-refractivity contribution in [1.82, 2.24) is 5.32 Å². The van der Waals surface area contributed by atoms with Crippen LogP contribution in [0.15, 0.2) is 53.0 Å². The highest BCUT2D eigenvalue weighted by Gasteiger charge is 2.11. The summed E-state index contributed by atoms with van der Waals surface area (Å²) in [6, 6.07) is 16.8. The van der Waals surface area contributed by atoms with Crippen LogP contribution in [-0.2, 0) is 4.79 Å². The first-order chi connectivity index (χ1) is 10.6. The second kappa shape index (κ2) is 7.62. The van der Waals surface area contributed by atoms with E-state index in [9.17, 15) is 4.79 Å². The van der Waals surface area contributed by atoms with E-state index < -0.39 is 0 Å². The van der Waals surface area contributed by atoms with Crippen LogP contribution < -0.4 is 10.6 Å². The summed E-state index contributed by atoms with van der Waals surface area (Å²) in [7, 11) is 0. The molecule has 2 aromatic rings. The van der Waals surface area contributed by atoms with Gasteiger partial charge in [-0.15, -0.1) is 0 Å². The fourth-order valence-corrected chi connectivity index (χ4v) is 2.67. The Labute approximate surface area is 138 Å². The summed E-state index contributed by atoms with van der Waals surface area (Å²) < 4.78 is 0.975. The molecule has 0 aliphatic rings. The van der Waals surface area contributed by atoms with Gasteiger partial charge in [0.1, 0.15) is 0 Å². The highest BCUT2D eigenvalue weighted by molar-refractivity contribution is 9.10. The van der Waals surface area contributed by atoms with Gasteiger partial charge in [-0.1, -0.05) is 34.1 Å². The van der Waals surface area contributed by atoms with Crippen LogP contribution in [0.25, 0.3) is 0 Å². The molecule has 112 valence electrons. The van der Waals surface area contributed by atoms with E-state index in [1.54, 1.807) is 24.3 Å². The van der Waals surface area contributed by atoms with Crippen molar-refractivity contribution in [3.63, 3.8) is 0 Å². The lowest BCUT2D eigenvalue weighted by molar-refractivity contribution is -0.120. The highest BCUT2D eigenvalue weighted by Crippen LogP contribution is 2.22. The summed E-state index contributed by atoms with van der Waals surface area (Å²) in [4.78, 5) is 12.0. The van der Waals surface area contributed by atoms with E-state index in [1.165, 1.54) is 0 Å². The lowest BCUT2D eigenvalue weighted by atomic mass is 10.1. The summed E-state index contributed by atoms with van der Waals surface area (Å²) in [5, 5.41) is 14.7. The Kier molecular flexibility index (Phi) is 5.56. The standard InChI is InChI=1S/C17H16BrN3O/c1-12(15-4-2-3-5-16(15)18)21-17(22)11-20-14-8-6-13(10-19)7-9-14/h2-9,12,20H,11H2,1H3,(H,21,22). The highest BCUT2D eigenvalue weighted by atomic mass is 79.9. The molecule has 0 fully saturated rings. The molecule has 2 aromatic carbocycles. The maximum absolute atomic E-state index is 12.0. The van der Waals surface area contributed by atoms with Gasteiger partial charge in [0.2, 0.25) is 5.91 Å². The minimum atomic E-state index is -0.0902. The first-order valence-corrected chi connectivity index (χ1v) is 7.67. The minimum Gasteiger partial charge on any atom is -0.376 e. The van der Waals surface area contributed by atoms with Crippen LogP contribution in [0.4, 0.5) is 5.69 Å². The summed E-state index contributed by atoms with van der Waals surface area (Å²) >= 11 is 3.48. The number of nitrogens with zero attached hydrogens (tertiary/aromatic N) is 1. The molecule has 1 atom stereocenters. The van der Waals surface area contributed by atoms with E-state index in [1.807, 2.05) is 31.2 Å². The molecule has 0 aliphatic heterocycles. The van der Waals surface area contributed by atoms with Crippen LogP contribution in [-0.4, -0.2) is 12.5 Å². The summed E-state index contributed by atoms with van der Waals surface area (Å²) in [5.74, 6) is -0.0902. The molecule has 1 amide bonds. The van der Waals surface area contributed by atoms with Crippen LogP contribution in [0, 0.1) is 11.3 Å². The normalized spacial score (nSPS) is 11.3. The maximum Gasteiger partial charge on any atom is 0.239 e. The molecule has 4 nitrogen and oxygen atoms in total. The predicted molar refractivity (Wildman–Crippen MR) is 90.3 cm³/mol. The molecule has 0 radical (unpaired) electrons. The molecular formula is C17H16BrN3O. The zero-order valence-corrected chi connectivity index (χ0v) is 13.7. The molecule has 0 saturated carbocycles. The van der Waals surface area contributed by atoms with Crippen LogP contribution in [0.5, 0.6) is 0 Å². The monoisotopic (exact) mass is 357 g/mol. The number of carbonyl (C=O) groups is 1. The van der Waals surface area contributed by atoms with Crippen molar-refractivity contribution >= 4 is 27.5 Å². The van der Waals surface area contributed by atoms with Gasteiger partial charge in [-0.05, 0) is 42.8 Å². The first kappa shape index (κ1) is 16.1.